The van der Waals surface area contributed by atoms with Crippen LogP contribution in [0.2, 0.25) is 0 Å². The van der Waals surface area contributed by atoms with Gasteiger partial charge in [0.1, 0.15) is 0 Å². The van der Waals surface area contributed by atoms with E-state index >= 15 is 0 Å². The van der Waals surface area contributed by atoms with Crippen LogP contribution in [-0.4, -0.2) is 0 Å². The molecule has 4 heteroatoms. The number of hydrogen-bond acceptors (Lipinski definition) is 4. The van der Waals surface area contributed by atoms with Crippen molar-refractivity contribution in [1.29, 1.82) is 0 Å². The third-order valence-corrected chi connectivity index (χ3v) is 16.1. The van der Waals surface area contributed by atoms with Crippen LogP contribution < -0.4 is 0 Å². The van der Waals surface area contributed by atoms with E-state index in [1.54, 1.807) is 0 Å². The molecule has 0 N–H and O–H groups in total. The first kappa shape index (κ1) is 50.5. The van der Waals surface area contributed by atoms with Gasteiger partial charge < -0.3 is 0 Å². The molecule has 8 aromatic rings. The van der Waals surface area contributed by atoms with Crippen LogP contribution in [0, 0.1) is 0 Å². The van der Waals surface area contributed by atoms with E-state index in [9.17, 15) is 0 Å². The molecule has 0 heterocycles. The van der Waals surface area contributed by atoms with Gasteiger partial charge in [-0.05, 0) is 185 Å². The predicted octanol–water partition coefficient (Wildman–Crippen LogP) is 19.2. The molecule has 0 aliphatic carbocycles. The maximum Gasteiger partial charge on any atom is 0.00401 e. The molecule has 0 radical (unpaired) electrons. The van der Waals surface area contributed by atoms with Crippen molar-refractivity contribution < 1.29 is 0 Å². The largest absolute Gasteiger partial charge is 0.143 e. The van der Waals surface area contributed by atoms with Gasteiger partial charge in [-0.2, -0.15) is 0 Å². The minimum Gasteiger partial charge on any atom is -0.143 e. The molecule has 352 valence electrons. The Hall–Kier alpha value is -4.84. The average molecular weight is 978 g/mol. The zero-order chi connectivity index (χ0) is 48.0. The second-order valence-corrected chi connectivity index (χ2v) is 21.7. The molecule has 0 saturated carbocycles. The zero-order valence-electron chi connectivity index (χ0n) is 40.1. The molecule has 8 unspecified atom stereocenters. The van der Waals surface area contributed by atoms with Crippen molar-refractivity contribution in [1.82, 2.24) is 0 Å². The molecule has 0 aliphatic rings. The van der Waals surface area contributed by atoms with Crippen molar-refractivity contribution >= 4 is 50.5 Å². The standard InChI is InChI=1S/C65H68S4/c1-46(48-23-31-62(66)32-24-48)39-56(54-27-35-64(68)36-28-54)41-58(50-15-7-3-8-16-50)43-60(52-19-11-5-12-20-52)45-61(53-21-13-6-14-22-53)44-59(51-17-9-4-10-18-51)42-57(55-29-37-65(69)38-30-55)40-47(2)49-25-33-63(67)34-26-49/h3-38,46-47,56-61,66-69H,39-45H2,1-2H3. The van der Waals surface area contributed by atoms with E-state index in [0.29, 0.717) is 47.3 Å². The van der Waals surface area contributed by atoms with Gasteiger partial charge in [-0.25, -0.2) is 0 Å². The van der Waals surface area contributed by atoms with Crippen molar-refractivity contribution in [3.8, 4) is 0 Å². The molecule has 0 fully saturated rings. The third-order valence-electron chi connectivity index (χ3n) is 14.9. The second-order valence-electron chi connectivity index (χ2n) is 19.6. The van der Waals surface area contributed by atoms with Crippen LogP contribution in [0.3, 0.4) is 0 Å². The van der Waals surface area contributed by atoms with Crippen LogP contribution in [0.25, 0.3) is 0 Å². The Bertz CT molecular complexity index is 2510. The lowest BCUT2D eigenvalue weighted by Gasteiger charge is -2.34. The number of rotatable bonds is 22. The van der Waals surface area contributed by atoms with Crippen LogP contribution in [-0.2, 0) is 0 Å². The van der Waals surface area contributed by atoms with E-state index in [-0.39, 0.29) is 0 Å². The van der Waals surface area contributed by atoms with Crippen LogP contribution in [0.15, 0.2) is 238 Å². The fourth-order valence-corrected chi connectivity index (χ4v) is 11.6. The lowest BCUT2D eigenvalue weighted by atomic mass is 9.71. The lowest BCUT2D eigenvalue weighted by molar-refractivity contribution is 0.379. The Morgan fingerprint density at radius 1 is 0.217 bits per heavy atom. The summed E-state index contributed by atoms with van der Waals surface area (Å²) in [6.45, 7) is 4.79. The van der Waals surface area contributed by atoms with Crippen LogP contribution in [0.5, 0.6) is 0 Å². The summed E-state index contributed by atoms with van der Waals surface area (Å²) < 4.78 is 0. The fraction of sp³-hybridized carbons (Fsp3) is 0.262. The first-order valence-electron chi connectivity index (χ1n) is 25.0. The fourth-order valence-electron chi connectivity index (χ4n) is 11.1. The molecule has 0 bridgehead atoms. The lowest BCUT2D eigenvalue weighted by Crippen LogP contribution is -2.17. The molecular formula is C65H68S4. The quantitative estimate of drug-likeness (QED) is 0.0478. The summed E-state index contributed by atoms with van der Waals surface area (Å²) in [5.41, 5.74) is 11.2. The monoisotopic (exact) mass is 976 g/mol. The minimum atomic E-state index is 0.326. The van der Waals surface area contributed by atoms with E-state index in [1.807, 2.05) is 0 Å². The number of benzene rings is 8. The van der Waals surface area contributed by atoms with Crippen molar-refractivity contribution in [3.63, 3.8) is 0 Å². The van der Waals surface area contributed by atoms with E-state index in [2.05, 4.69) is 257 Å². The maximum absolute atomic E-state index is 4.72. The molecule has 0 saturated heterocycles. The Balaban J connectivity index is 1.15. The molecule has 0 nitrogen and oxygen atoms in total. The maximum atomic E-state index is 4.72. The van der Waals surface area contributed by atoms with Gasteiger partial charge in [0.2, 0.25) is 0 Å². The SMILES string of the molecule is CC(CC(CC(CC(CC(CC(CC(CC(C)c1ccc(S)cc1)c1ccc(S)cc1)c1ccccc1)c1ccccc1)c1ccccc1)c1ccccc1)c1ccc(S)cc1)c1ccc(S)cc1. The van der Waals surface area contributed by atoms with Crippen LogP contribution >= 0.6 is 50.5 Å². The highest BCUT2D eigenvalue weighted by Gasteiger charge is 2.31. The van der Waals surface area contributed by atoms with Crippen molar-refractivity contribution in [2.75, 3.05) is 0 Å². The van der Waals surface area contributed by atoms with Gasteiger partial charge in [-0.1, -0.05) is 184 Å². The van der Waals surface area contributed by atoms with Crippen LogP contribution in [0.4, 0.5) is 0 Å². The van der Waals surface area contributed by atoms with Crippen molar-refractivity contribution in [2.24, 2.45) is 0 Å². The van der Waals surface area contributed by atoms with Crippen molar-refractivity contribution in [3.05, 3.63) is 263 Å². The predicted molar refractivity (Wildman–Crippen MR) is 306 cm³/mol. The Morgan fingerprint density at radius 3 is 0.609 bits per heavy atom. The van der Waals surface area contributed by atoms with Crippen LogP contribution in [0.1, 0.15) is 151 Å². The number of thiol groups is 4. The first-order valence-corrected chi connectivity index (χ1v) is 26.8. The van der Waals surface area contributed by atoms with Gasteiger partial charge >= 0.3 is 0 Å². The van der Waals surface area contributed by atoms with Gasteiger partial charge in [-0.3, -0.25) is 0 Å². The van der Waals surface area contributed by atoms with E-state index < -0.39 is 0 Å². The third kappa shape index (κ3) is 14.6. The highest BCUT2D eigenvalue weighted by atomic mass is 32.1. The summed E-state index contributed by atoms with van der Waals surface area (Å²) in [5, 5.41) is 0. The van der Waals surface area contributed by atoms with E-state index in [1.165, 1.54) is 44.5 Å². The first-order chi connectivity index (χ1) is 33.6. The topological polar surface area (TPSA) is 0 Å². The van der Waals surface area contributed by atoms with Gasteiger partial charge in [0.25, 0.3) is 0 Å². The summed E-state index contributed by atoms with van der Waals surface area (Å²) >= 11 is 18.7. The van der Waals surface area contributed by atoms with E-state index in [4.69, 9.17) is 25.3 Å². The Labute approximate surface area is 436 Å². The van der Waals surface area contributed by atoms with Gasteiger partial charge in [0.05, 0.1) is 0 Å². The summed E-state index contributed by atoms with van der Waals surface area (Å²) in [6, 6.07) is 81.2. The Morgan fingerprint density at radius 2 is 0.391 bits per heavy atom. The average Bonchev–Trinajstić information content (AvgIpc) is 3.39. The van der Waals surface area contributed by atoms with E-state index in [0.717, 1.165) is 64.5 Å². The zero-order valence-corrected chi connectivity index (χ0v) is 43.7. The molecule has 8 atom stereocenters. The molecule has 0 spiro atoms. The van der Waals surface area contributed by atoms with Gasteiger partial charge in [0, 0.05) is 19.6 Å². The normalized spacial score (nSPS) is 15.0. The molecule has 8 aromatic carbocycles. The van der Waals surface area contributed by atoms with Gasteiger partial charge in [0.15, 0.2) is 0 Å². The smallest absolute Gasteiger partial charge is 0.00401 e. The summed E-state index contributed by atoms with van der Waals surface area (Å²) in [7, 11) is 0. The minimum absolute atomic E-state index is 0.326. The Kier molecular flexibility index (Phi) is 18.6. The summed E-state index contributed by atoms with van der Waals surface area (Å²) in [6.07, 6.45) is 7.38. The van der Waals surface area contributed by atoms with Crippen molar-refractivity contribution in [2.45, 2.75) is 126 Å². The molecule has 8 rings (SSSR count). The summed E-state index contributed by atoms with van der Waals surface area (Å²) in [4.78, 5) is 4.00. The highest BCUT2D eigenvalue weighted by molar-refractivity contribution is 7.80. The van der Waals surface area contributed by atoms with Gasteiger partial charge in [-0.15, -0.1) is 50.5 Å². The molecular weight excluding hydrogens is 909 g/mol. The molecule has 0 amide bonds. The molecule has 0 aliphatic heterocycles. The molecule has 0 aromatic heterocycles. The second kappa shape index (κ2) is 25.3. The molecule has 69 heavy (non-hydrogen) atoms. The summed E-state index contributed by atoms with van der Waals surface area (Å²) in [5.74, 6) is 2.80. The highest BCUT2D eigenvalue weighted by Crippen LogP contribution is 2.47. The number of hydrogen-bond donors (Lipinski definition) is 4.